The van der Waals surface area contributed by atoms with Crippen LogP contribution < -0.4 is 4.57 Å². The van der Waals surface area contributed by atoms with Crippen molar-refractivity contribution in [1.82, 2.24) is 0 Å². The third kappa shape index (κ3) is 3.56. The van der Waals surface area contributed by atoms with Crippen LogP contribution in [0.4, 0.5) is 0 Å². The van der Waals surface area contributed by atoms with Crippen molar-refractivity contribution in [2.45, 2.75) is 66.7 Å². The number of pyridine rings is 1. The van der Waals surface area contributed by atoms with Crippen LogP contribution in [0.15, 0.2) is 65.2 Å². The van der Waals surface area contributed by atoms with Crippen molar-refractivity contribution in [1.29, 1.82) is 0 Å². The Labute approximate surface area is 227 Å². The Hall–Kier alpha value is -3.39. The quantitative estimate of drug-likeness (QED) is 0.219. The standard InChI is InChI=1S/C36H40NO/c1-21(2)18-36(19-22(3)4)29-12-10-9-11-28(29)33-30(36)16-15-27-26-14-13-23(5)32(34(26)38-35(27)33)31-17-24(6)25(7)20-37(31)8/h9-17,20-22H,18-19H2,1-8H3/q+1. The van der Waals surface area contributed by atoms with Gasteiger partial charge in [0.05, 0.1) is 5.56 Å². The van der Waals surface area contributed by atoms with Gasteiger partial charge in [0.1, 0.15) is 18.2 Å². The van der Waals surface area contributed by atoms with E-state index in [1.807, 2.05) is 0 Å². The van der Waals surface area contributed by atoms with E-state index in [2.05, 4.69) is 121 Å². The Balaban J connectivity index is 1.71. The maximum absolute atomic E-state index is 7.03. The molecule has 2 heteroatoms. The van der Waals surface area contributed by atoms with E-state index in [0.717, 1.165) is 24.0 Å². The van der Waals surface area contributed by atoms with Gasteiger partial charge in [0, 0.05) is 33.4 Å². The summed E-state index contributed by atoms with van der Waals surface area (Å²) in [5.74, 6) is 1.19. The highest BCUT2D eigenvalue weighted by molar-refractivity contribution is 6.14. The maximum atomic E-state index is 7.03. The smallest absolute Gasteiger partial charge is 0.216 e. The molecule has 0 fully saturated rings. The SMILES string of the molecule is Cc1cc(-c2c(C)ccc3c2oc2c4c(ccc23)C(CC(C)C)(CC(C)C)c2ccccc2-4)[n+](C)cc1C. The summed E-state index contributed by atoms with van der Waals surface area (Å²) in [6, 6.07) is 20.7. The largest absolute Gasteiger partial charge is 0.454 e. The molecule has 0 aliphatic heterocycles. The first-order valence-corrected chi connectivity index (χ1v) is 14.2. The topological polar surface area (TPSA) is 17.0 Å². The van der Waals surface area contributed by atoms with Gasteiger partial charge in [-0.05, 0) is 73.3 Å². The normalized spacial score (nSPS) is 14.2. The fourth-order valence-corrected chi connectivity index (χ4v) is 7.30. The Kier molecular flexibility index (Phi) is 5.79. The van der Waals surface area contributed by atoms with Gasteiger partial charge in [-0.3, -0.25) is 0 Å². The number of benzene rings is 3. The van der Waals surface area contributed by atoms with Gasteiger partial charge in [-0.25, -0.2) is 4.57 Å². The molecular formula is C36H40NO+. The fourth-order valence-electron chi connectivity index (χ4n) is 7.30. The van der Waals surface area contributed by atoms with E-state index < -0.39 is 0 Å². The number of aryl methyl sites for hydroxylation is 4. The Morgan fingerprint density at radius 1 is 0.711 bits per heavy atom. The first kappa shape index (κ1) is 24.9. The molecule has 1 aliphatic rings. The average molecular weight is 503 g/mol. The van der Waals surface area contributed by atoms with Gasteiger partial charge >= 0.3 is 0 Å². The molecule has 2 heterocycles. The minimum Gasteiger partial charge on any atom is -0.454 e. The van der Waals surface area contributed by atoms with Gasteiger partial charge in [-0.15, -0.1) is 0 Å². The zero-order valence-corrected chi connectivity index (χ0v) is 24.2. The number of fused-ring (bicyclic) bond motifs is 7. The lowest BCUT2D eigenvalue weighted by molar-refractivity contribution is -0.660. The molecule has 0 spiro atoms. The van der Waals surface area contributed by atoms with Crippen LogP contribution in [0.2, 0.25) is 0 Å². The molecule has 1 aliphatic carbocycles. The highest BCUT2D eigenvalue weighted by atomic mass is 16.3. The van der Waals surface area contributed by atoms with Gasteiger partial charge in [0.25, 0.3) is 0 Å². The van der Waals surface area contributed by atoms with Crippen LogP contribution in [0.3, 0.4) is 0 Å². The highest BCUT2D eigenvalue weighted by Crippen LogP contribution is 2.57. The van der Waals surface area contributed by atoms with Crippen LogP contribution >= 0.6 is 0 Å². The molecule has 194 valence electrons. The van der Waals surface area contributed by atoms with Crippen molar-refractivity contribution in [2.24, 2.45) is 18.9 Å². The van der Waals surface area contributed by atoms with Gasteiger partial charge in [-0.1, -0.05) is 76.2 Å². The molecule has 5 aromatic rings. The lowest BCUT2D eigenvalue weighted by atomic mass is 9.68. The molecule has 0 N–H and O–H groups in total. The number of hydrogen-bond acceptors (Lipinski definition) is 1. The number of hydrogen-bond donors (Lipinski definition) is 0. The minimum absolute atomic E-state index is 0.0146. The van der Waals surface area contributed by atoms with E-state index in [9.17, 15) is 0 Å². The highest BCUT2D eigenvalue weighted by Gasteiger charge is 2.45. The molecule has 2 nitrogen and oxygen atoms in total. The van der Waals surface area contributed by atoms with Crippen molar-refractivity contribution in [3.8, 4) is 22.4 Å². The van der Waals surface area contributed by atoms with Crippen molar-refractivity contribution in [2.75, 3.05) is 0 Å². The summed E-state index contributed by atoms with van der Waals surface area (Å²) < 4.78 is 9.28. The predicted molar refractivity (Wildman–Crippen MR) is 160 cm³/mol. The predicted octanol–water partition coefficient (Wildman–Crippen LogP) is 9.36. The summed E-state index contributed by atoms with van der Waals surface area (Å²) in [6.07, 6.45) is 4.51. The van der Waals surface area contributed by atoms with E-state index >= 15 is 0 Å². The van der Waals surface area contributed by atoms with Gasteiger partial charge in [-0.2, -0.15) is 0 Å². The van der Waals surface area contributed by atoms with Gasteiger partial charge in [0.2, 0.25) is 5.69 Å². The molecule has 0 saturated carbocycles. The van der Waals surface area contributed by atoms with E-state index in [1.54, 1.807) is 0 Å². The molecule has 0 radical (unpaired) electrons. The molecule has 0 unspecified atom stereocenters. The minimum atomic E-state index is 0.0146. The molecule has 0 bridgehead atoms. The molecule has 3 aromatic carbocycles. The maximum Gasteiger partial charge on any atom is 0.216 e. The molecule has 6 rings (SSSR count). The molecule has 2 aromatic heterocycles. The summed E-state index contributed by atoms with van der Waals surface area (Å²) >= 11 is 0. The Morgan fingerprint density at radius 3 is 2.03 bits per heavy atom. The average Bonchev–Trinajstić information content (AvgIpc) is 3.35. The van der Waals surface area contributed by atoms with Gasteiger partial charge in [0.15, 0.2) is 6.20 Å². The van der Waals surface area contributed by atoms with Crippen molar-refractivity contribution in [3.05, 3.63) is 88.6 Å². The summed E-state index contributed by atoms with van der Waals surface area (Å²) in [5, 5.41) is 2.41. The van der Waals surface area contributed by atoms with Crippen LogP contribution in [0.5, 0.6) is 0 Å². The molecule has 0 atom stereocenters. The van der Waals surface area contributed by atoms with Crippen LogP contribution in [-0.2, 0) is 12.5 Å². The van der Waals surface area contributed by atoms with Crippen LogP contribution in [0, 0.1) is 32.6 Å². The summed E-state index contributed by atoms with van der Waals surface area (Å²) in [4.78, 5) is 0. The summed E-state index contributed by atoms with van der Waals surface area (Å²) in [6.45, 7) is 16.0. The monoisotopic (exact) mass is 502 g/mol. The summed E-state index contributed by atoms with van der Waals surface area (Å²) in [5.41, 5.74) is 13.9. The third-order valence-electron chi connectivity index (χ3n) is 8.76. The molecule has 0 saturated heterocycles. The van der Waals surface area contributed by atoms with Crippen molar-refractivity contribution < 1.29 is 8.98 Å². The zero-order valence-electron chi connectivity index (χ0n) is 24.2. The number of rotatable bonds is 5. The first-order chi connectivity index (χ1) is 18.1. The lowest BCUT2D eigenvalue weighted by Crippen LogP contribution is -2.31. The van der Waals surface area contributed by atoms with Crippen LogP contribution in [0.25, 0.3) is 44.3 Å². The van der Waals surface area contributed by atoms with E-state index in [0.29, 0.717) is 11.8 Å². The number of nitrogens with zero attached hydrogens (tertiary/aromatic N) is 1. The van der Waals surface area contributed by atoms with Crippen LogP contribution in [-0.4, -0.2) is 0 Å². The number of aromatic nitrogens is 1. The Bertz CT molecular complexity index is 1710. The van der Waals surface area contributed by atoms with E-state index in [4.69, 9.17) is 4.42 Å². The van der Waals surface area contributed by atoms with Crippen LogP contribution in [0.1, 0.15) is 68.4 Å². The fraction of sp³-hybridized carbons (Fsp3) is 0.361. The second-order valence-corrected chi connectivity index (χ2v) is 12.6. The zero-order chi connectivity index (χ0) is 26.9. The first-order valence-electron chi connectivity index (χ1n) is 14.2. The van der Waals surface area contributed by atoms with E-state index in [1.165, 1.54) is 61.0 Å². The lowest BCUT2D eigenvalue weighted by Gasteiger charge is -2.35. The van der Waals surface area contributed by atoms with Gasteiger partial charge < -0.3 is 4.42 Å². The second-order valence-electron chi connectivity index (χ2n) is 12.6. The number of furan rings is 1. The van der Waals surface area contributed by atoms with Crippen molar-refractivity contribution >= 4 is 21.9 Å². The summed E-state index contributed by atoms with van der Waals surface area (Å²) in [7, 11) is 2.14. The molecule has 38 heavy (non-hydrogen) atoms. The van der Waals surface area contributed by atoms with Crippen molar-refractivity contribution in [3.63, 3.8) is 0 Å². The van der Waals surface area contributed by atoms with E-state index in [-0.39, 0.29) is 5.41 Å². The third-order valence-corrected chi connectivity index (χ3v) is 8.76. The second kappa shape index (κ2) is 8.83. The molecule has 0 amide bonds. The Morgan fingerprint density at radius 2 is 1.34 bits per heavy atom. The molecular weight excluding hydrogens is 462 g/mol.